The predicted octanol–water partition coefficient (Wildman–Crippen LogP) is 4.34. The Balaban J connectivity index is 1.70. The SMILES string of the molecule is CCc1noc(C)c1C(=O)Nc1ccc(N2CCCCC2)c2ccncc12. The highest BCUT2D eigenvalue weighted by atomic mass is 16.5. The number of fused-ring (bicyclic) bond motifs is 1. The monoisotopic (exact) mass is 364 g/mol. The number of benzene rings is 1. The van der Waals surface area contributed by atoms with Crippen molar-refractivity contribution in [2.45, 2.75) is 39.5 Å². The minimum Gasteiger partial charge on any atom is -0.371 e. The van der Waals surface area contributed by atoms with Gasteiger partial charge in [0.05, 0.1) is 11.4 Å². The van der Waals surface area contributed by atoms with Crippen molar-refractivity contribution in [2.75, 3.05) is 23.3 Å². The van der Waals surface area contributed by atoms with E-state index in [1.807, 2.05) is 25.3 Å². The summed E-state index contributed by atoms with van der Waals surface area (Å²) in [5.41, 5.74) is 3.17. The molecule has 1 N–H and O–H groups in total. The Morgan fingerprint density at radius 3 is 2.78 bits per heavy atom. The molecule has 6 heteroatoms. The summed E-state index contributed by atoms with van der Waals surface area (Å²) in [5.74, 6) is 0.346. The second-order valence-corrected chi connectivity index (χ2v) is 6.97. The number of rotatable bonds is 4. The molecular formula is C21H24N4O2. The van der Waals surface area contributed by atoms with Gasteiger partial charge in [0.25, 0.3) is 5.91 Å². The summed E-state index contributed by atoms with van der Waals surface area (Å²) in [6.07, 6.45) is 8.01. The number of anilines is 2. The average Bonchev–Trinajstić information content (AvgIpc) is 3.09. The van der Waals surface area contributed by atoms with Gasteiger partial charge in [-0.3, -0.25) is 9.78 Å². The zero-order valence-electron chi connectivity index (χ0n) is 15.8. The normalized spacial score (nSPS) is 14.5. The van der Waals surface area contributed by atoms with Crippen LogP contribution in [0.25, 0.3) is 10.8 Å². The maximum absolute atomic E-state index is 12.9. The first-order valence-electron chi connectivity index (χ1n) is 9.57. The third-order valence-electron chi connectivity index (χ3n) is 5.24. The maximum Gasteiger partial charge on any atom is 0.261 e. The number of nitrogens with zero attached hydrogens (tertiary/aromatic N) is 3. The lowest BCUT2D eigenvalue weighted by Gasteiger charge is -2.30. The van der Waals surface area contributed by atoms with Crippen molar-refractivity contribution in [2.24, 2.45) is 0 Å². The largest absolute Gasteiger partial charge is 0.371 e. The van der Waals surface area contributed by atoms with E-state index in [1.54, 1.807) is 13.1 Å². The van der Waals surface area contributed by atoms with E-state index in [9.17, 15) is 4.79 Å². The van der Waals surface area contributed by atoms with Crippen LogP contribution in [0.2, 0.25) is 0 Å². The van der Waals surface area contributed by atoms with E-state index in [0.717, 1.165) is 29.5 Å². The highest BCUT2D eigenvalue weighted by Gasteiger charge is 2.21. The molecule has 4 rings (SSSR count). The Kier molecular flexibility index (Phi) is 4.79. The number of carbonyl (C=O) groups is 1. The summed E-state index contributed by atoms with van der Waals surface area (Å²) in [7, 11) is 0. The van der Waals surface area contributed by atoms with E-state index in [1.165, 1.54) is 24.9 Å². The van der Waals surface area contributed by atoms with Crippen molar-refractivity contribution in [1.29, 1.82) is 0 Å². The van der Waals surface area contributed by atoms with Gasteiger partial charge in [-0.2, -0.15) is 0 Å². The fraction of sp³-hybridized carbons (Fsp3) is 0.381. The molecule has 1 fully saturated rings. The number of pyridine rings is 1. The first kappa shape index (κ1) is 17.5. The minimum absolute atomic E-state index is 0.193. The first-order valence-corrected chi connectivity index (χ1v) is 9.57. The number of carbonyl (C=O) groups excluding carboxylic acids is 1. The lowest BCUT2D eigenvalue weighted by molar-refractivity contribution is 0.102. The molecular weight excluding hydrogens is 340 g/mol. The molecule has 0 atom stereocenters. The molecule has 0 unspecified atom stereocenters. The fourth-order valence-corrected chi connectivity index (χ4v) is 3.83. The number of piperidine rings is 1. The second kappa shape index (κ2) is 7.39. The van der Waals surface area contributed by atoms with Crippen LogP contribution >= 0.6 is 0 Å². The summed E-state index contributed by atoms with van der Waals surface area (Å²) < 4.78 is 5.20. The van der Waals surface area contributed by atoms with Crippen LogP contribution in [-0.2, 0) is 6.42 Å². The molecule has 3 aromatic rings. The van der Waals surface area contributed by atoms with E-state index >= 15 is 0 Å². The van der Waals surface area contributed by atoms with Gasteiger partial charge in [0.1, 0.15) is 11.3 Å². The Bertz CT molecular complexity index is 973. The van der Waals surface area contributed by atoms with Crippen LogP contribution < -0.4 is 10.2 Å². The highest BCUT2D eigenvalue weighted by molar-refractivity contribution is 6.11. The second-order valence-electron chi connectivity index (χ2n) is 6.97. The van der Waals surface area contributed by atoms with Gasteiger partial charge < -0.3 is 14.7 Å². The Morgan fingerprint density at radius 1 is 1.19 bits per heavy atom. The Hall–Kier alpha value is -2.89. The van der Waals surface area contributed by atoms with Crippen LogP contribution in [0.15, 0.2) is 35.1 Å². The van der Waals surface area contributed by atoms with Crippen LogP contribution in [0.1, 0.15) is 48.0 Å². The van der Waals surface area contributed by atoms with Gasteiger partial charge in [-0.1, -0.05) is 12.1 Å². The van der Waals surface area contributed by atoms with Crippen molar-refractivity contribution >= 4 is 28.1 Å². The number of hydrogen-bond donors (Lipinski definition) is 1. The molecule has 1 amide bonds. The number of nitrogens with one attached hydrogen (secondary N) is 1. The molecule has 6 nitrogen and oxygen atoms in total. The number of aromatic nitrogens is 2. The number of amides is 1. The zero-order valence-corrected chi connectivity index (χ0v) is 15.8. The van der Waals surface area contributed by atoms with Crippen molar-refractivity contribution < 1.29 is 9.32 Å². The average molecular weight is 364 g/mol. The Labute approximate surface area is 158 Å². The summed E-state index contributed by atoms with van der Waals surface area (Å²) >= 11 is 0. The quantitative estimate of drug-likeness (QED) is 0.746. The van der Waals surface area contributed by atoms with Crippen LogP contribution in [0.5, 0.6) is 0 Å². The molecule has 27 heavy (non-hydrogen) atoms. The molecule has 0 aliphatic carbocycles. The minimum atomic E-state index is -0.193. The summed E-state index contributed by atoms with van der Waals surface area (Å²) in [5, 5.41) is 9.07. The maximum atomic E-state index is 12.9. The van der Waals surface area contributed by atoms with E-state index in [2.05, 4.69) is 26.4 Å². The summed E-state index contributed by atoms with van der Waals surface area (Å²) in [4.78, 5) is 19.6. The molecule has 0 spiro atoms. The first-order chi connectivity index (χ1) is 13.2. The number of aryl methyl sites for hydroxylation is 2. The molecule has 3 heterocycles. The van der Waals surface area contributed by atoms with Crippen molar-refractivity contribution in [3.63, 3.8) is 0 Å². The molecule has 1 aliphatic heterocycles. The van der Waals surface area contributed by atoms with Crippen molar-refractivity contribution in [1.82, 2.24) is 10.1 Å². The van der Waals surface area contributed by atoms with Gasteiger partial charge in [0, 0.05) is 41.9 Å². The van der Waals surface area contributed by atoms with Gasteiger partial charge in [0.2, 0.25) is 0 Å². The molecule has 0 radical (unpaired) electrons. The predicted molar refractivity (Wildman–Crippen MR) is 106 cm³/mol. The van der Waals surface area contributed by atoms with Crippen LogP contribution in [0.4, 0.5) is 11.4 Å². The van der Waals surface area contributed by atoms with Crippen LogP contribution in [0, 0.1) is 6.92 Å². The zero-order chi connectivity index (χ0) is 18.8. The van der Waals surface area contributed by atoms with E-state index in [-0.39, 0.29) is 5.91 Å². The summed E-state index contributed by atoms with van der Waals surface area (Å²) in [6.45, 7) is 5.87. The van der Waals surface area contributed by atoms with Gasteiger partial charge in [-0.05, 0) is 50.8 Å². The molecule has 1 aromatic carbocycles. The third-order valence-corrected chi connectivity index (χ3v) is 5.24. The van der Waals surface area contributed by atoms with E-state index in [0.29, 0.717) is 23.4 Å². The van der Waals surface area contributed by atoms with E-state index < -0.39 is 0 Å². The van der Waals surface area contributed by atoms with Crippen LogP contribution in [-0.4, -0.2) is 29.1 Å². The van der Waals surface area contributed by atoms with E-state index in [4.69, 9.17) is 4.52 Å². The van der Waals surface area contributed by atoms with Gasteiger partial charge in [-0.15, -0.1) is 0 Å². The molecule has 140 valence electrons. The molecule has 0 bridgehead atoms. The molecule has 2 aromatic heterocycles. The topological polar surface area (TPSA) is 71.3 Å². The fourth-order valence-electron chi connectivity index (χ4n) is 3.83. The number of hydrogen-bond acceptors (Lipinski definition) is 5. The lowest BCUT2D eigenvalue weighted by Crippen LogP contribution is -2.29. The van der Waals surface area contributed by atoms with Crippen LogP contribution in [0.3, 0.4) is 0 Å². The Morgan fingerprint density at radius 2 is 2.00 bits per heavy atom. The molecule has 1 saturated heterocycles. The highest BCUT2D eigenvalue weighted by Crippen LogP contribution is 2.33. The van der Waals surface area contributed by atoms with Gasteiger partial charge >= 0.3 is 0 Å². The van der Waals surface area contributed by atoms with Crippen molar-refractivity contribution in [3.05, 3.63) is 47.6 Å². The van der Waals surface area contributed by atoms with Gasteiger partial charge in [-0.25, -0.2) is 0 Å². The summed E-state index contributed by atoms with van der Waals surface area (Å²) in [6, 6.07) is 6.10. The molecule has 0 saturated carbocycles. The van der Waals surface area contributed by atoms with Gasteiger partial charge in [0.15, 0.2) is 0 Å². The lowest BCUT2D eigenvalue weighted by atomic mass is 10.0. The third kappa shape index (κ3) is 3.27. The molecule has 1 aliphatic rings. The van der Waals surface area contributed by atoms with Crippen molar-refractivity contribution in [3.8, 4) is 0 Å². The standard InChI is InChI=1S/C21H24N4O2/c1-3-17-20(14(2)27-24-17)21(26)23-18-7-8-19(25-11-5-4-6-12-25)15-9-10-22-13-16(15)18/h7-10,13H,3-6,11-12H2,1-2H3,(H,23,26). The smallest absolute Gasteiger partial charge is 0.261 e.